The smallest absolute Gasteiger partial charge is 0.202 e. The minimum atomic E-state index is 0.399. The van der Waals surface area contributed by atoms with Gasteiger partial charge >= 0.3 is 0 Å². The molecule has 2 heterocycles. The summed E-state index contributed by atoms with van der Waals surface area (Å²) in [6.45, 7) is 5.51. The first-order valence-corrected chi connectivity index (χ1v) is 7.68. The lowest BCUT2D eigenvalue weighted by molar-refractivity contribution is 0.634. The van der Waals surface area contributed by atoms with Crippen molar-refractivity contribution in [2.24, 2.45) is 0 Å². The Hall–Kier alpha value is -0.290. The first-order valence-electron chi connectivity index (χ1n) is 5.92. The maximum atomic E-state index is 4.48. The zero-order valence-electron chi connectivity index (χ0n) is 9.95. The van der Waals surface area contributed by atoms with Crippen LogP contribution in [0.1, 0.15) is 38.9 Å². The largest absolute Gasteiger partial charge is 0.359 e. The highest BCUT2D eigenvalue weighted by molar-refractivity contribution is 8.00. The summed E-state index contributed by atoms with van der Waals surface area (Å²) in [5.74, 6) is 2.29. The van der Waals surface area contributed by atoms with Crippen molar-refractivity contribution in [2.45, 2.75) is 44.3 Å². The molecule has 90 valence electrons. The highest BCUT2D eigenvalue weighted by Gasteiger charge is 2.29. The van der Waals surface area contributed by atoms with Gasteiger partial charge < -0.3 is 5.32 Å². The van der Waals surface area contributed by atoms with Crippen LogP contribution in [0.25, 0.3) is 0 Å². The molecule has 1 fully saturated rings. The number of anilines is 1. The maximum absolute atomic E-state index is 4.48. The van der Waals surface area contributed by atoms with Crippen LogP contribution in [0.3, 0.4) is 0 Å². The monoisotopic (exact) mass is 257 g/mol. The summed E-state index contributed by atoms with van der Waals surface area (Å²) in [7, 11) is 0. The van der Waals surface area contributed by atoms with Gasteiger partial charge in [-0.1, -0.05) is 6.92 Å². The number of aromatic nitrogens is 2. The predicted molar refractivity (Wildman–Crippen MR) is 72.5 cm³/mol. The molecule has 0 amide bonds. The molecule has 5 heteroatoms. The van der Waals surface area contributed by atoms with Gasteiger partial charge in [-0.3, -0.25) is 0 Å². The molecule has 1 aromatic rings. The van der Waals surface area contributed by atoms with Crippen molar-refractivity contribution in [3.05, 3.63) is 5.82 Å². The molecule has 0 saturated carbocycles. The van der Waals surface area contributed by atoms with Gasteiger partial charge in [0.1, 0.15) is 5.82 Å². The van der Waals surface area contributed by atoms with Crippen molar-refractivity contribution in [1.29, 1.82) is 0 Å². The molecule has 0 bridgehead atoms. The molecule has 1 aliphatic rings. The van der Waals surface area contributed by atoms with Gasteiger partial charge in [-0.05, 0) is 31.9 Å². The molecule has 2 rings (SSSR count). The van der Waals surface area contributed by atoms with Crippen molar-refractivity contribution in [3.8, 4) is 0 Å². The van der Waals surface area contributed by atoms with Crippen molar-refractivity contribution < 1.29 is 0 Å². The summed E-state index contributed by atoms with van der Waals surface area (Å²) in [6, 6.07) is 0. The van der Waals surface area contributed by atoms with Crippen LogP contribution in [-0.2, 0) is 6.42 Å². The van der Waals surface area contributed by atoms with E-state index in [9.17, 15) is 0 Å². The van der Waals surface area contributed by atoms with E-state index in [1.165, 1.54) is 30.1 Å². The second-order valence-electron chi connectivity index (χ2n) is 4.52. The van der Waals surface area contributed by atoms with Crippen LogP contribution in [0.2, 0.25) is 0 Å². The molecule has 1 saturated heterocycles. The van der Waals surface area contributed by atoms with Gasteiger partial charge in [0.15, 0.2) is 0 Å². The van der Waals surface area contributed by atoms with Crippen molar-refractivity contribution >= 4 is 28.4 Å². The van der Waals surface area contributed by atoms with Gasteiger partial charge in [-0.2, -0.15) is 16.1 Å². The van der Waals surface area contributed by atoms with E-state index in [2.05, 4.69) is 40.3 Å². The van der Waals surface area contributed by atoms with Crippen LogP contribution in [0.4, 0.5) is 5.13 Å². The minimum Gasteiger partial charge on any atom is -0.359 e. The Labute approximate surface area is 106 Å². The highest BCUT2D eigenvalue weighted by atomic mass is 32.2. The molecule has 0 spiro atoms. The fourth-order valence-corrected chi connectivity index (χ4v) is 3.74. The Morgan fingerprint density at radius 2 is 2.38 bits per heavy atom. The van der Waals surface area contributed by atoms with Crippen LogP contribution < -0.4 is 5.32 Å². The Morgan fingerprint density at radius 1 is 1.50 bits per heavy atom. The molecule has 16 heavy (non-hydrogen) atoms. The van der Waals surface area contributed by atoms with Crippen molar-refractivity contribution in [1.82, 2.24) is 9.36 Å². The van der Waals surface area contributed by atoms with Gasteiger partial charge in [-0.25, -0.2) is 4.98 Å². The summed E-state index contributed by atoms with van der Waals surface area (Å²) in [5.41, 5.74) is 0. The molecule has 0 aromatic carbocycles. The quantitative estimate of drug-likeness (QED) is 0.879. The van der Waals surface area contributed by atoms with E-state index in [-0.39, 0.29) is 0 Å². The summed E-state index contributed by atoms with van der Waals surface area (Å²) in [4.78, 5) is 4.48. The number of nitrogens with one attached hydrogen (secondary N) is 1. The Bertz CT molecular complexity index is 332. The lowest BCUT2D eigenvalue weighted by Crippen LogP contribution is -2.26. The number of thioether (sulfide) groups is 1. The van der Waals surface area contributed by atoms with E-state index < -0.39 is 0 Å². The van der Waals surface area contributed by atoms with Crippen LogP contribution >= 0.6 is 23.3 Å². The van der Waals surface area contributed by atoms with Gasteiger partial charge in [-0.15, -0.1) is 0 Å². The number of aryl methyl sites for hydroxylation is 1. The Balaban J connectivity index is 1.84. The van der Waals surface area contributed by atoms with Crippen molar-refractivity contribution in [3.63, 3.8) is 0 Å². The summed E-state index contributed by atoms with van der Waals surface area (Å²) < 4.78 is 4.73. The molecular weight excluding hydrogens is 238 g/mol. The molecule has 0 aliphatic carbocycles. The summed E-state index contributed by atoms with van der Waals surface area (Å²) in [6.07, 6.45) is 4.76. The van der Waals surface area contributed by atoms with Crippen molar-refractivity contribution in [2.75, 3.05) is 17.6 Å². The van der Waals surface area contributed by atoms with E-state index in [1.807, 2.05) is 0 Å². The molecule has 1 atom stereocenters. The first-order chi connectivity index (χ1) is 7.72. The van der Waals surface area contributed by atoms with Gasteiger partial charge in [0, 0.05) is 29.2 Å². The van der Waals surface area contributed by atoms with Crippen LogP contribution in [0, 0.1) is 0 Å². The third kappa shape index (κ3) is 3.10. The standard InChI is InChI=1S/C11H19N3S2/c1-3-5-9-13-10(16-14-9)12-8-11(2)6-4-7-15-11/h3-8H2,1-2H3,(H,12,13,14). The van der Waals surface area contributed by atoms with Gasteiger partial charge in [0.2, 0.25) is 5.13 Å². The zero-order chi connectivity index (χ0) is 11.4. The predicted octanol–water partition coefficient (Wildman–Crippen LogP) is 3.19. The molecule has 3 nitrogen and oxygen atoms in total. The Morgan fingerprint density at radius 3 is 3.06 bits per heavy atom. The third-order valence-electron chi connectivity index (χ3n) is 2.86. The van der Waals surface area contributed by atoms with E-state index in [0.29, 0.717) is 4.75 Å². The molecule has 0 radical (unpaired) electrons. The second-order valence-corrected chi connectivity index (χ2v) is 6.96. The Kier molecular flexibility index (Phi) is 4.08. The lowest BCUT2D eigenvalue weighted by atomic mass is 10.1. The highest BCUT2D eigenvalue weighted by Crippen LogP contribution is 2.37. The molecule has 1 N–H and O–H groups in total. The molecular formula is C11H19N3S2. The molecule has 1 unspecified atom stereocenters. The fraction of sp³-hybridized carbons (Fsp3) is 0.818. The van der Waals surface area contributed by atoms with E-state index in [4.69, 9.17) is 0 Å². The van der Waals surface area contributed by atoms with Gasteiger partial charge in [0.05, 0.1) is 0 Å². The fourth-order valence-electron chi connectivity index (χ4n) is 1.89. The average Bonchev–Trinajstić information content (AvgIpc) is 2.86. The van der Waals surface area contributed by atoms with E-state index in [1.54, 1.807) is 0 Å². The first kappa shape index (κ1) is 12.2. The van der Waals surface area contributed by atoms with E-state index in [0.717, 1.165) is 30.3 Å². The minimum absolute atomic E-state index is 0.399. The number of hydrogen-bond donors (Lipinski definition) is 1. The number of nitrogens with zero attached hydrogens (tertiary/aromatic N) is 2. The van der Waals surface area contributed by atoms with Crippen LogP contribution in [-0.4, -0.2) is 26.4 Å². The normalized spacial score (nSPS) is 24.9. The number of rotatable bonds is 5. The summed E-state index contributed by atoms with van der Waals surface area (Å²) in [5, 5.41) is 4.41. The second kappa shape index (κ2) is 5.36. The average molecular weight is 257 g/mol. The van der Waals surface area contributed by atoms with E-state index >= 15 is 0 Å². The zero-order valence-corrected chi connectivity index (χ0v) is 11.6. The van der Waals surface area contributed by atoms with Gasteiger partial charge in [0.25, 0.3) is 0 Å². The lowest BCUT2D eigenvalue weighted by Gasteiger charge is -2.22. The maximum Gasteiger partial charge on any atom is 0.202 e. The molecule has 1 aromatic heterocycles. The summed E-state index contributed by atoms with van der Waals surface area (Å²) >= 11 is 3.57. The molecule has 1 aliphatic heterocycles. The van der Waals surface area contributed by atoms with Crippen LogP contribution in [0.5, 0.6) is 0 Å². The third-order valence-corrected chi connectivity index (χ3v) is 5.10. The number of hydrogen-bond acceptors (Lipinski definition) is 5. The van der Waals surface area contributed by atoms with Crippen LogP contribution in [0.15, 0.2) is 0 Å². The SMILES string of the molecule is CCCc1nsc(NCC2(C)CCCS2)n1. The topological polar surface area (TPSA) is 37.8 Å².